The van der Waals surface area contributed by atoms with Gasteiger partial charge in [0.05, 0.1) is 24.9 Å². The minimum atomic E-state index is -0.449. The summed E-state index contributed by atoms with van der Waals surface area (Å²) in [6.45, 7) is 14.6. The normalized spacial score (nSPS) is 33.2. The van der Waals surface area contributed by atoms with E-state index >= 15 is 0 Å². The van der Waals surface area contributed by atoms with Gasteiger partial charge in [-0.3, -0.25) is 0 Å². The van der Waals surface area contributed by atoms with E-state index in [1.165, 1.54) is 11.1 Å². The van der Waals surface area contributed by atoms with Crippen LogP contribution in [-0.2, 0) is 14.2 Å². The van der Waals surface area contributed by atoms with Crippen LogP contribution in [0.2, 0.25) is 0 Å². The third-order valence-electron chi connectivity index (χ3n) is 3.89. The highest BCUT2D eigenvalue weighted by Crippen LogP contribution is 2.29. The molecule has 0 aliphatic carbocycles. The van der Waals surface area contributed by atoms with Gasteiger partial charge < -0.3 is 14.2 Å². The summed E-state index contributed by atoms with van der Waals surface area (Å²) in [4.78, 5) is 0. The fraction of sp³-hybridized carbons (Fsp3) is 0.667. The van der Waals surface area contributed by atoms with E-state index < -0.39 is 5.79 Å². The van der Waals surface area contributed by atoms with Crippen LogP contribution in [0.4, 0.5) is 0 Å². The molecule has 0 bridgehead atoms. The molecule has 0 aromatic rings. The molecule has 2 rings (SSSR count). The first-order chi connectivity index (χ1) is 9.88. The zero-order valence-electron chi connectivity index (χ0n) is 13.6. The fourth-order valence-electron chi connectivity index (χ4n) is 3.06. The lowest BCUT2D eigenvalue weighted by Gasteiger charge is -2.30. The molecule has 0 unspecified atom stereocenters. The fourth-order valence-corrected chi connectivity index (χ4v) is 3.06. The van der Waals surface area contributed by atoms with Gasteiger partial charge in [-0.15, -0.1) is 6.58 Å². The Morgan fingerprint density at radius 2 is 2.10 bits per heavy atom. The molecule has 0 amide bonds. The molecular weight excluding hydrogens is 264 g/mol. The Labute approximate surface area is 128 Å². The van der Waals surface area contributed by atoms with Crippen molar-refractivity contribution in [3.05, 3.63) is 36.5 Å². The van der Waals surface area contributed by atoms with Crippen molar-refractivity contribution in [2.24, 2.45) is 0 Å². The smallest absolute Gasteiger partial charge is 0.163 e. The van der Waals surface area contributed by atoms with Crippen LogP contribution in [0.1, 0.15) is 46.5 Å². The summed E-state index contributed by atoms with van der Waals surface area (Å²) in [5.74, 6) is -0.449. The van der Waals surface area contributed by atoms with E-state index in [1.807, 2.05) is 19.9 Å². The molecule has 3 heteroatoms. The lowest BCUT2D eigenvalue weighted by atomic mass is 9.96. The molecule has 0 saturated carbocycles. The van der Waals surface area contributed by atoms with Crippen molar-refractivity contribution in [2.45, 2.75) is 70.6 Å². The Balaban J connectivity index is 1.89. The van der Waals surface area contributed by atoms with Crippen LogP contribution in [0.15, 0.2) is 36.5 Å². The van der Waals surface area contributed by atoms with Crippen LogP contribution in [0.5, 0.6) is 0 Å². The topological polar surface area (TPSA) is 27.7 Å². The molecule has 2 aliphatic rings. The first kappa shape index (κ1) is 16.5. The predicted octanol–water partition coefficient (Wildman–Crippen LogP) is 4.15. The molecule has 0 spiro atoms. The molecule has 3 nitrogen and oxygen atoms in total. The maximum atomic E-state index is 6.09. The van der Waals surface area contributed by atoms with Gasteiger partial charge in [-0.2, -0.15) is 0 Å². The second-order valence-corrected chi connectivity index (χ2v) is 6.65. The summed E-state index contributed by atoms with van der Waals surface area (Å²) in [5.41, 5.74) is 2.56. The van der Waals surface area contributed by atoms with Gasteiger partial charge in [0.25, 0.3) is 0 Å². The highest BCUT2D eigenvalue weighted by Gasteiger charge is 2.32. The van der Waals surface area contributed by atoms with E-state index in [1.54, 1.807) is 0 Å². The molecule has 21 heavy (non-hydrogen) atoms. The molecule has 2 fully saturated rings. The summed E-state index contributed by atoms with van der Waals surface area (Å²) in [6.07, 6.45) is 8.28. The maximum absolute atomic E-state index is 6.09. The van der Waals surface area contributed by atoms with E-state index in [0.29, 0.717) is 6.61 Å². The minimum Gasteiger partial charge on any atom is -0.370 e. The van der Waals surface area contributed by atoms with Gasteiger partial charge in [0.1, 0.15) is 0 Å². The standard InChI is InChI=1S/C18H28O3/c1-6-7-15-8-13(2)9-16(20-15)10-14(3)11-17-12-19-18(4,5)21-17/h6,10,15-17H,1-2,7-9,11-12H2,3-5H3/b14-10+/t15-,16-,17-/m0/s1. The molecule has 3 atom stereocenters. The number of hydrogen-bond acceptors (Lipinski definition) is 3. The van der Waals surface area contributed by atoms with Gasteiger partial charge in [-0.25, -0.2) is 0 Å². The quantitative estimate of drug-likeness (QED) is 0.712. The lowest BCUT2D eigenvalue weighted by molar-refractivity contribution is -0.138. The van der Waals surface area contributed by atoms with Gasteiger partial charge in [0.15, 0.2) is 5.79 Å². The second kappa shape index (κ2) is 6.91. The highest BCUT2D eigenvalue weighted by molar-refractivity contribution is 5.12. The van der Waals surface area contributed by atoms with Gasteiger partial charge in [0.2, 0.25) is 0 Å². The van der Waals surface area contributed by atoms with E-state index in [4.69, 9.17) is 14.2 Å². The third kappa shape index (κ3) is 5.10. The largest absolute Gasteiger partial charge is 0.370 e. The van der Waals surface area contributed by atoms with Crippen LogP contribution in [-0.4, -0.2) is 30.7 Å². The van der Waals surface area contributed by atoms with E-state index in [0.717, 1.165) is 25.7 Å². The van der Waals surface area contributed by atoms with E-state index in [-0.39, 0.29) is 18.3 Å². The van der Waals surface area contributed by atoms with Crippen molar-refractivity contribution in [1.82, 2.24) is 0 Å². The molecule has 2 heterocycles. The highest BCUT2D eigenvalue weighted by atomic mass is 16.7. The average Bonchev–Trinajstić information content (AvgIpc) is 2.67. The van der Waals surface area contributed by atoms with E-state index in [9.17, 15) is 0 Å². The predicted molar refractivity (Wildman–Crippen MR) is 85.1 cm³/mol. The molecule has 0 N–H and O–H groups in total. The van der Waals surface area contributed by atoms with Crippen molar-refractivity contribution in [2.75, 3.05) is 6.61 Å². The van der Waals surface area contributed by atoms with Gasteiger partial charge in [-0.1, -0.05) is 29.9 Å². The molecule has 2 aliphatic heterocycles. The second-order valence-electron chi connectivity index (χ2n) is 6.65. The van der Waals surface area contributed by atoms with Crippen molar-refractivity contribution in [1.29, 1.82) is 0 Å². The van der Waals surface area contributed by atoms with Crippen LogP contribution >= 0.6 is 0 Å². The van der Waals surface area contributed by atoms with Gasteiger partial charge in [0, 0.05) is 0 Å². The summed E-state index contributed by atoms with van der Waals surface area (Å²) in [5, 5.41) is 0. The van der Waals surface area contributed by atoms with Crippen molar-refractivity contribution >= 4 is 0 Å². The first-order valence-corrected chi connectivity index (χ1v) is 7.80. The third-order valence-corrected chi connectivity index (χ3v) is 3.89. The molecular formula is C18H28O3. The average molecular weight is 292 g/mol. The lowest BCUT2D eigenvalue weighted by Crippen LogP contribution is -2.27. The summed E-state index contributed by atoms with van der Waals surface area (Å²) >= 11 is 0. The molecule has 0 aromatic carbocycles. The van der Waals surface area contributed by atoms with Crippen LogP contribution in [0.25, 0.3) is 0 Å². The van der Waals surface area contributed by atoms with Crippen molar-refractivity contribution < 1.29 is 14.2 Å². The summed E-state index contributed by atoms with van der Waals surface area (Å²) in [6, 6.07) is 0. The first-order valence-electron chi connectivity index (χ1n) is 7.80. The molecule has 2 saturated heterocycles. The van der Waals surface area contributed by atoms with Crippen molar-refractivity contribution in [3.63, 3.8) is 0 Å². The van der Waals surface area contributed by atoms with Gasteiger partial charge >= 0.3 is 0 Å². The SMILES string of the molecule is C=CC[C@H]1CC(=C)C[C@@H](/C=C(\C)C[C@H]2COC(C)(C)O2)O1. The van der Waals surface area contributed by atoms with E-state index in [2.05, 4.69) is 26.2 Å². The van der Waals surface area contributed by atoms with Crippen LogP contribution in [0.3, 0.4) is 0 Å². The number of ether oxygens (including phenoxy) is 3. The minimum absolute atomic E-state index is 0.131. The molecule has 0 aromatic heterocycles. The zero-order chi connectivity index (χ0) is 15.5. The molecule has 118 valence electrons. The Kier molecular flexibility index (Phi) is 5.42. The number of hydrogen-bond donors (Lipinski definition) is 0. The Hall–Kier alpha value is -0.900. The summed E-state index contributed by atoms with van der Waals surface area (Å²) in [7, 11) is 0. The Morgan fingerprint density at radius 3 is 2.71 bits per heavy atom. The van der Waals surface area contributed by atoms with Crippen LogP contribution in [0, 0.1) is 0 Å². The maximum Gasteiger partial charge on any atom is 0.163 e. The number of rotatable bonds is 5. The summed E-state index contributed by atoms with van der Waals surface area (Å²) < 4.78 is 17.6. The van der Waals surface area contributed by atoms with Crippen molar-refractivity contribution in [3.8, 4) is 0 Å². The van der Waals surface area contributed by atoms with Crippen LogP contribution < -0.4 is 0 Å². The monoisotopic (exact) mass is 292 g/mol. The zero-order valence-corrected chi connectivity index (χ0v) is 13.6. The molecule has 0 radical (unpaired) electrons. The van der Waals surface area contributed by atoms with Gasteiger partial charge in [-0.05, 0) is 46.5 Å². The Bertz CT molecular complexity index is 422. The Morgan fingerprint density at radius 1 is 1.33 bits per heavy atom.